The van der Waals surface area contributed by atoms with Gasteiger partial charge in [-0.15, -0.1) is 0 Å². The minimum absolute atomic E-state index is 0.0141. The van der Waals surface area contributed by atoms with Crippen LogP contribution in [0.1, 0.15) is 142 Å². The molecule has 1 aromatic carbocycles. The van der Waals surface area contributed by atoms with Gasteiger partial charge in [0.15, 0.2) is 9.84 Å². The average Bonchev–Trinajstić information content (AvgIpc) is 3.63. The molecule has 0 amide bonds. The maximum Gasteiger partial charge on any atom is 0.338 e. The van der Waals surface area contributed by atoms with Crippen LogP contribution in [0.2, 0.25) is 0 Å². The first kappa shape index (κ1) is 46.2. The standard InChI is InChI=1S/C52H78N2O6S/c1-9-59-47(56)51(36-60-46(55)40-14-11-10-12-15-40)25-21-39(22-26-51)43-17-13-16-41-18-19-44-45-42(37(2)3)23-27-52(45,53-30-31-54-32-34-61(57,58)35-33-54)29-28-50(44,8)49(41,7)24-20-38(4)48(43,5)6/h10-12,14-15,17,21,38,41-42,44-45,53H,2,9,13,16,18-20,22-36H2,1,3-8H3/b43-17-/t38?,41?,42-,44+,45?,49+,50+,51+,52-/m0/s1. The Kier molecular flexibility index (Phi) is 13.7. The summed E-state index contributed by atoms with van der Waals surface area (Å²) in [5.74, 6) is 2.80. The topological polar surface area (TPSA) is 102 Å². The van der Waals surface area contributed by atoms with E-state index >= 15 is 0 Å². The molecule has 7 rings (SSSR count). The van der Waals surface area contributed by atoms with Gasteiger partial charge in [-0.05, 0) is 166 Å². The van der Waals surface area contributed by atoms with E-state index in [2.05, 4.69) is 70.5 Å². The summed E-state index contributed by atoms with van der Waals surface area (Å²) in [4.78, 5) is 28.9. The predicted octanol–water partition coefficient (Wildman–Crippen LogP) is 10.2. The van der Waals surface area contributed by atoms with Crippen molar-refractivity contribution >= 4 is 21.8 Å². The zero-order valence-electron chi connectivity index (χ0n) is 38.8. The molecule has 3 unspecified atom stereocenters. The van der Waals surface area contributed by atoms with Crippen LogP contribution in [0.25, 0.3) is 0 Å². The van der Waals surface area contributed by atoms with E-state index in [0.717, 1.165) is 25.9 Å². The minimum Gasteiger partial charge on any atom is -0.465 e. The molecule has 1 N–H and O–H groups in total. The summed E-state index contributed by atoms with van der Waals surface area (Å²) in [6.45, 7) is 25.0. The SMILES string of the molecule is C=C(C)[C@@H]1CC[C@]2(NCCN3CCS(=O)(=O)CC3)CC[C@]3(C)[C@H](CCC4CC/C=C(/C5=CC[C@@](COC(=O)c6ccccc6)(C(=O)OCC)CC5)C(C)(C)C(C)CC[C@]43C)C12. The molecule has 4 fully saturated rings. The first-order chi connectivity index (χ1) is 28.9. The van der Waals surface area contributed by atoms with E-state index < -0.39 is 21.2 Å². The Labute approximate surface area is 369 Å². The summed E-state index contributed by atoms with van der Waals surface area (Å²) < 4.78 is 35.7. The Morgan fingerprint density at radius 2 is 1.62 bits per heavy atom. The third kappa shape index (κ3) is 8.88. The normalized spacial score (nSPS) is 38.3. The highest BCUT2D eigenvalue weighted by Gasteiger charge is 2.65. The molecular weight excluding hydrogens is 781 g/mol. The fourth-order valence-electron chi connectivity index (χ4n) is 13.8. The summed E-state index contributed by atoms with van der Waals surface area (Å²) in [5, 5.41) is 4.22. The second-order valence-corrected chi connectivity index (χ2v) is 23.8. The van der Waals surface area contributed by atoms with Gasteiger partial charge in [0, 0.05) is 31.7 Å². The van der Waals surface area contributed by atoms with Crippen molar-refractivity contribution < 1.29 is 27.5 Å². The van der Waals surface area contributed by atoms with Gasteiger partial charge in [0.2, 0.25) is 0 Å². The third-order valence-corrected chi connectivity index (χ3v) is 20.0. The number of sulfone groups is 1. The summed E-state index contributed by atoms with van der Waals surface area (Å²) in [7, 11) is -2.88. The highest BCUT2D eigenvalue weighted by molar-refractivity contribution is 7.91. The minimum atomic E-state index is -2.88. The Hall–Kier alpha value is -2.75. The highest BCUT2D eigenvalue weighted by Crippen LogP contribution is 2.71. The van der Waals surface area contributed by atoms with Crippen LogP contribution in [0.3, 0.4) is 0 Å². The molecule has 0 radical (unpaired) electrons. The maximum atomic E-state index is 13.6. The van der Waals surface area contributed by atoms with E-state index in [4.69, 9.17) is 9.47 Å². The Balaban J connectivity index is 1.09. The van der Waals surface area contributed by atoms with Gasteiger partial charge in [0.1, 0.15) is 12.0 Å². The Morgan fingerprint density at radius 1 is 0.885 bits per heavy atom. The van der Waals surface area contributed by atoms with Gasteiger partial charge in [-0.25, -0.2) is 13.2 Å². The molecular formula is C52H78N2O6S. The molecule has 9 atom stereocenters. The van der Waals surface area contributed by atoms with Gasteiger partial charge in [-0.1, -0.05) is 77.1 Å². The first-order valence-corrected chi connectivity index (χ1v) is 25.9. The second-order valence-electron chi connectivity index (χ2n) is 21.5. The number of ether oxygens (including phenoxy) is 2. The van der Waals surface area contributed by atoms with Crippen molar-refractivity contribution in [1.82, 2.24) is 10.2 Å². The summed E-state index contributed by atoms with van der Waals surface area (Å²) in [5.41, 5.74) is 4.30. The van der Waals surface area contributed by atoms with E-state index in [1.807, 2.05) is 25.1 Å². The number of carbonyl (C=O) groups excluding carboxylic acids is 2. The molecule has 1 heterocycles. The highest BCUT2D eigenvalue weighted by atomic mass is 32.2. The Morgan fingerprint density at radius 3 is 2.30 bits per heavy atom. The van der Waals surface area contributed by atoms with E-state index in [-0.39, 0.29) is 45.9 Å². The molecule has 1 saturated heterocycles. The van der Waals surface area contributed by atoms with E-state index in [0.29, 0.717) is 67.7 Å². The van der Waals surface area contributed by atoms with Crippen molar-refractivity contribution in [3.8, 4) is 0 Å². The molecule has 0 bridgehead atoms. The fourth-order valence-corrected chi connectivity index (χ4v) is 15.1. The lowest BCUT2D eigenvalue weighted by molar-refractivity contribution is -0.159. The summed E-state index contributed by atoms with van der Waals surface area (Å²) in [6, 6.07) is 9.00. The number of nitrogens with one attached hydrogen (secondary N) is 1. The van der Waals surface area contributed by atoms with Crippen LogP contribution in [-0.2, 0) is 24.1 Å². The average molecular weight is 859 g/mol. The number of esters is 2. The van der Waals surface area contributed by atoms with E-state index in [9.17, 15) is 18.0 Å². The summed E-state index contributed by atoms with van der Waals surface area (Å²) in [6.07, 6.45) is 18.8. The summed E-state index contributed by atoms with van der Waals surface area (Å²) >= 11 is 0. The van der Waals surface area contributed by atoms with Crippen LogP contribution in [0.4, 0.5) is 0 Å². The van der Waals surface area contributed by atoms with Crippen molar-refractivity contribution in [2.45, 2.75) is 137 Å². The van der Waals surface area contributed by atoms with Crippen molar-refractivity contribution in [2.75, 3.05) is 50.9 Å². The maximum absolute atomic E-state index is 13.6. The van der Waals surface area contributed by atoms with Gasteiger partial charge in [-0.2, -0.15) is 0 Å². The monoisotopic (exact) mass is 859 g/mol. The zero-order valence-corrected chi connectivity index (χ0v) is 39.6. The fraction of sp³-hybridized carbons (Fsp3) is 0.731. The van der Waals surface area contributed by atoms with Crippen LogP contribution < -0.4 is 5.32 Å². The Bertz CT molecular complexity index is 1940. The zero-order chi connectivity index (χ0) is 43.8. The smallest absolute Gasteiger partial charge is 0.338 e. The number of nitrogens with zero attached hydrogens (tertiary/aromatic N) is 1. The molecule has 1 aromatic rings. The molecule has 61 heavy (non-hydrogen) atoms. The lowest BCUT2D eigenvalue weighted by Crippen LogP contribution is -2.65. The lowest BCUT2D eigenvalue weighted by atomic mass is 9.39. The van der Waals surface area contributed by atoms with Crippen LogP contribution in [0.15, 0.2) is 65.8 Å². The van der Waals surface area contributed by atoms with E-state index in [1.54, 1.807) is 12.1 Å². The van der Waals surface area contributed by atoms with Crippen molar-refractivity contribution in [3.05, 3.63) is 71.3 Å². The predicted molar refractivity (Wildman–Crippen MR) is 246 cm³/mol. The van der Waals surface area contributed by atoms with Gasteiger partial charge in [0.25, 0.3) is 0 Å². The molecule has 3 saturated carbocycles. The first-order valence-electron chi connectivity index (χ1n) is 24.0. The molecule has 1 aliphatic heterocycles. The number of rotatable bonds is 11. The number of hydrogen-bond donors (Lipinski definition) is 1. The number of hydrogen-bond acceptors (Lipinski definition) is 8. The lowest BCUT2D eigenvalue weighted by Gasteiger charge is -2.66. The molecule has 8 nitrogen and oxygen atoms in total. The van der Waals surface area contributed by atoms with Gasteiger partial charge in [-0.3, -0.25) is 4.79 Å². The number of fused-ring (bicyclic) bond motifs is 5. The molecule has 0 aromatic heterocycles. The van der Waals surface area contributed by atoms with Crippen molar-refractivity contribution in [3.63, 3.8) is 0 Å². The van der Waals surface area contributed by atoms with Gasteiger partial charge in [0.05, 0.1) is 23.7 Å². The van der Waals surface area contributed by atoms with E-state index in [1.165, 1.54) is 74.5 Å². The second kappa shape index (κ2) is 18.0. The van der Waals surface area contributed by atoms with Crippen LogP contribution in [0, 0.1) is 51.2 Å². The quantitative estimate of drug-likeness (QED) is 0.173. The molecule has 6 aliphatic rings. The molecule has 338 valence electrons. The van der Waals surface area contributed by atoms with Crippen molar-refractivity contribution in [2.24, 2.45) is 51.2 Å². The number of benzene rings is 1. The van der Waals surface area contributed by atoms with Gasteiger partial charge >= 0.3 is 11.9 Å². The molecule has 5 aliphatic carbocycles. The van der Waals surface area contributed by atoms with Crippen LogP contribution in [-0.4, -0.2) is 81.7 Å². The third-order valence-electron chi connectivity index (χ3n) is 18.4. The number of allylic oxidation sites excluding steroid dienone is 5. The van der Waals surface area contributed by atoms with Crippen LogP contribution in [0.5, 0.6) is 0 Å². The molecule has 9 heteroatoms. The van der Waals surface area contributed by atoms with Crippen LogP contribution >= 0.6 is 0 Å². The largest absolute Gasteiger partial charge is 0.465 e. The molecule has 0 spiro atoms. The van der Waals surface area contributed by atoms with Gasteiger partial charge < -0.3 is 19.7 Å². The van der Waals surface area contributed by atoms with Crippen molar-refractivity contribution in [1.29, 1.82) is 0 Å². The number of carbonyl (C=O) groups is 2.